The maximum Gasteiger partial charge on any atom is 0.141 e. The summed E-state index contributed by atoms with van der Waals surface area (Å²) >= 11 is 0. The average molecular weight is 446 g/mol. The van der Waals surface area contributed by atoms with Gasteiger partial charge in [-0.05, 0) is 49.2 Å². The van der Waals surface area contributed by atoms with Crippen LogP contribution in [0.15, 0.2) is 91.0 Å². The van der Waals surface area contributed by atoms with E-state index in [0.717, 1.165) is 12.8 Å². The third-order valence-corrected chi connectivity index (χ3v) is 5.67. The quantitative estimate of drug-likeness (QED) is 0.304. The summed E-state index contributed by atoms with van der Waals surface area (Å²) in [6, 6.07) is 31.6. The van der Waals surface area contributed by atoms with Crippen LogP contribution in [0.3, 0.4) is 0 Å². The first-order valence-corrected chi connectivity index (χ1v) is 12.5. The summed E-state index contributed by atoms with van der Waals surface area (Å²) in [6.07, 6.45) is 11.2. The van der Waals surface area contributed by atoms with E-state index in [-0.39, 0.29) is 6.42 Å². The largest absolute Gasteiger partial charge is 0.550 e. The molecule has 0 aromatic heterocycles. The number of hydrogen-bond donors (Lipinski definition) is 1. The maximum atomic E-state index is 10.1. The van der Waals surface area contributed by atoms with Crippen LogP contribution in [0.4, 0.5) is 17.1 Å². The Balaban J connectivity index is 0.000000248. The number of carboxylic acid groups (broad SMARTS) is 1. The number of aliphatic carboxylic acids is 1. The first kappa shape index (κ1) is 26.3. The molecule has 0 saturated heterocycles. The molecule has 0 saturated carbocycles. The summed E-state index contributed by atoms with van der Waals surface area (Å²) in [5, 5.41) is 10.1. The number of quaternary nitrogens is 1. The van der Waals surface area contributed by atoms with Crippen LogP contribution in [0, 0.1) is 0 Å². The van der Waals surface area contributed by atoms with Crippen molar-refractivity contribution < 1.29 is 14.8 Å². The number of benzene rings is 3. The van der Waals surface area contributed by atoms with Crippen molar-refractivity contribution in [2.75, 3.05) is 0 Å². The van der Waals surface area contributed by atoms with Gasteiger partial charge in [-0.1, -0.05) is 113 Å². The Kier molecular flexibility index (Phi) is 13.3. The third kappa shape index (κ3) is 11.0. The van der Waals surface area contributed by atoms with Crippen molar-refractivity contribution in [1.82, 2.24) is 0 Å². The fraction of sp³-hybridized carbons (Fsp3) is 0.367. The van der Waals surface area contributed by atoms with Crippen LogP contribution in [0.5, 0.6) is 0 Å². The van der Waals surface area contributed by atoms with E-state index in [0.29, 0.717) is 0 Å². The van der Waals surface area contributed by atoms with Gasteiger partial charge in [0.25, 0.3) is 0 Å². The van der Waals surface area contributed by atoms with Gasteiger partial charge in [0.15, 0.2) is 0 Å². The van der Waals surface area contributed by atoms with E-state index in [1.165, 1.54) is 66.9 Å². The molecule has 0 atom stereocenters. The lowest BCUT2D eigenvalue weighted by Gasteiger charge is -2.18. The number of para-hydroxylation sites is 3. The Labute approximate surface area is 200 Å². The highest BCUT2D eigenvalue weighted by Gasteiger charge is 2.17. The molecule has 0 amide bonds. The number of hydrogen-bond acceptors (Lipinski definition) is 2. The molecule has 1 N–H and O–H groups in total. The number of carbonyl (C=O) groups is 1. The van der Waals surface area contributed by atoms with E-state index in [4.69, 9.17) is 0 Å². The Morgan fingerprint density at radius 1 is 0.576 bits per heavy atom. The van der Waals surface area contributed by atoms with Crippen LogP contribution in [0.25, 0.3) is 0 Å². The lowest BCUT2D eigenvalue weighted by molar-refractivity contribution is -0.681. The lowest BCUT2D eigenvalue weighted by Crippen LogP contribution is -2.96. The van der Waals surface area contributed by atoms with Crippen molar-refractivity contribution in [3.05, 3.63) is 91.0 Å². The van der Waals surface area contributed by atoms with Crippen LogP contribution in [0.1, 0.15) is 71.1 Å². The van der Waals surface area contributed by atoms with Crippen LogP contribution in [-0.4, -0.2) is 5.97 Å². The molecule has 33 heavy (non-hydrogen) atoms. The second-order valence-electron chi connectivity index (χ2n) is 8.42. The Hall–Kier alpha value is -2.91. The molecular formula is C30H39NO2. The predicted molar refractivity (Wildman–Crippen MR) is 136 cm³/mol. The van der Waals surface area contributed by atoms with E-state index in [2.05, 4.69) is 97.9 Å². The maximum absolute atomic E-state index is 10.1. The van der Waals surface area contributed by atoms with Gasteiger partial charge in [-0.2, -0.15) is 0 Å². The molecule has 0 spiro atoms. The molecule has 3 aromatic carbocycles. The predicted octanol–water partition coefficient (Wildman–Crippen LogP) is 6.52. The minimum atomic E-state index is -0.909. The van der Waals surface area contributed by atoms with Gasteiger partial charge in [0.2, 0.25) is 0 Å². The van der Waals surface area contributed by atoms with Gasteiger partial charge in [0.05, 0.1) is 0 Å². The van der Waals surface area contributed by atoms with E-state index < -0.39 is 5.97 Å². The minimum Gasteiger partial charge on any atom is -0.550 e. The normalized spacial score (nSPS) is 10.5. The number of rotatable bonds is 13. The standard InChI is InChI=1S/C18H15N.C12H24O2/c1-4-10-16(11-5-1)19(17-12-6-2-7-13-17)18-14-8-3-9-15-18;1-2-3-4-5-6-7-8-9-10-11-12(13)14/h1-15H;2-11H2,1H3,(H,13,14). The minimum absolute atomic E-state index is 0.232. The Morgan fingerprint density at radius 2 is 0.909 bits per heavy atom. The van der Waals surface area contributed by atoms with Crippen LogP contribution >= 0.6 is 0 Å². The van der Waals surface area contributed by atoms with Crippen molar-refractivity contribution in [3.63, 3.8) is 0 Å². The third-order valence-electron chi connectivity index (χ3n) is 5.67. The monoisotopic (exact) mass is 445 g/mol. The molecule has 0 radical (unpaired) electrons. The van der Waals surface area contributed by atoms with E-state index in [1.54, 1.807) is 0 Å². The van der Waals surface area contributed by atoms with Gasteiger partial charge in [-0.3, -0.25) is 0 Å². The first-order chi connectivity index (χ1) is 16.2. The average Bonchev–Trinajstić information content (AvgIpc) is 2.85. The number of nitrogens with one attached hydrogen (secondary N) is 1. The highest BCUT2D eigenvalue weighted by Crippen LogP contribution is 2.14. The molecule has 0 aliphatic carbocycles. The van der Waals surface area contributed by atoms with Crippen molar-refractivity contribution >= 4 is 23.0 Å². The first-order valence-electron chi connectivity index (χ1n) is 12.5. The molecule has 0 aliphatic heterocycles. The van der Waals surface area contributed by atoms with Crippen LogP contribution in [0.2, 0.25) is 0 Å². The second kappa shape index (κ2) is 16.7. The van der Waals surface area contributed by atoms with Crippen molar-refractivity contribution in [2.24, 2.45) is 0 Å². The second-order valence-corrected chi connectivity index (χ2v) is 8.42. The van der Waals surface area contributed by atoms with Gasteiger partial charge in [-0.15, -0.1) is 0 Å². The zero-order valence-electron chi connectivity index (χ0n) is 20.0. The molecule has 0 aliphatic rings. The summed E-state index contributed by atoms with van der Waals surface area (Å²) < 4.78 is 0. The van der Waals surface area contributed by atoms with Gasteiger partial charge < -0.3 is 9.90 Å². The highest BCUT2D eigenvalue weighted by atomic mass is 16.4. The van der Waals surface area contributed by atoms with Crippen molar-refractivity contribution in [2.45, 2.75) is 71.1 Å². The van der Waals surface area contributed by atoms with E-state index in [1.807, 2.05) is 0 Å². The SMILES string of the molecule is CCCCCCCCCCCC(=O)[O-].c1ccc([NH+](c2ccccc2)c2ccccc2)cc1. The molecule has 3 heteroatoms. The zero-order chi connectivity index (χ0) is 23.6. The molecule has 3 aromatic rings. The fourth-order valence-corrected chi connectivity index (χ4v) is 3.89. The molecule has 0 unspecified atom stereocenters. The van der Waals surface area contributed by atoms with Gasteiger partial charge in [0.1, 0.15) is 17.1 Å². The topological polar surface area (TPSA) is 44.6 Å². The van der Waals surface area contributed by atoms with E-state index in [9.17, 15) is 9.90 Å². The lowest BCUT2D eigenvalue weighted by atomic mass is 10.1. The molecule has 3 rings (SSSR count). The summed E-state index contributed by atoms with van der Waals surface area (Å²) in [5.41, 5.74) is 3.75. The van der Waals surface area contributed by atoms with Crippen LogP contribution < -0.4 is 10.0 Å². The summed E-state index contributed by atoms with van der Waals surface area (Å²) in [4.78, 5) is 11.4. The Morgan fingerprint density at radius 3 is 1.24 bits per heavy atom. The van der Waals surface area contributed by atoms with E-state index >= 15 is 0 Å². The molecule has 176 valence electrons. The smallest absolute Gasteiger partial charge is 0.141 e. The van der Waals surface area contributed by atoms with Crippen molar-refractivity contribution in [3.8, 4) is 0 Å². The number of carbonyl (C=O) groups excluding carboxylic acids is 1. The molecular weight excluding hydrogens is 406 g/mol. The Bertz CT molecular complexity index is 772. The van der Waals surface area contributed by atoms with Gasteiger partial charge in [0, 0.05) is 5.97 Å². The van der Waals surface area contributed by atoms with Gasteiger partial charge in [-0.25, -0.2) is 4.90 Å². The molecule has 0 bridgehead atoms. The summed E-state index contributed by atoms with van der Waals surface area (Å²) in [6.45, 7) is 2.22. The van der Waals surface area contributed by atoms with Gasteiger partial charge >= 0.3 is 0 Å². The molecule has 0 heterocycles. The molecule has 3 nitrogen and oxygen atoms in total. The number of carboxylic acids is 1. The summed E-state index contributed by atoms with van der Waals surface area (Å²) in [5.74, 6) is -0.909. The number of unbranched alkanes of at least 4 members (excludes halogenated alkanes) is 8. The summed E-state index contributed by atoms with van der Waals surface area (Å²) in [7, 11) is 0. The van der Waals surface area contributed by atoms with Crippen molar-refractivity contribution in [1.29, 1.82) is 0 Å². The zero-order valence-corrected chi connectivity index (χ0v) is 20.0. The molecule has 0 fully saturated rings. The van der Waals surface area contributed by atoms with Crippen LogP contribution in [-0.2, 0) is 4.79 Å². The fourth-order valence-electron chi connectivity index (χ4n) is 3.89. The highest BCUT2D eigenvalue weighted by molar-refractivity contribution is 5.64.